The van der Waals surface area contributed by atoms with Gasteiger partial charge in [0.15, 0.2) is 0 Å². The van der Waals surface area contributed by atoms with Crippen LogP contribution in [0.1, 0.15) is 5.56 Å². The number of fused-ring (bicyclic) bond motifs is 1. The minimum Gasteiger partial charge on any atom is -0.350 e. The molecule has 74 valence electrons. The van der Waals surface area contributed by atoms with Gasteiger partial charge in [-0.05, 0) is 11.6 Å². The molecule has 0 bridgehead atoms. The topological polar surface area (TPSA) is 30.9 Å². The molecule has 0 saturated carbocycles. The number of hydrogen-bond donors (Lipinski definition) is 1. The summed E-state index contributed by atoms with van der Waals surface area (Å²) in [6.07, 6.45) is 1.72. The van der Waals surface area contributed by atoms with E-state index in [0.717, 1.165) is 6.07 Å². The van der Waals surface area contributed by atoms with Crippen LogP contribution in [0.4, 0.5) is 8.78 Å². The van der Waals surface area contributed by atoms with Gasteiger partial charge in [0.1, 0.15) is 11.6 Å². The Labute approximate surface area is 79.9 Å². The van der Waals surface area contributed by atoms with Gasteiger partial charge in [-0.3, -0.25) is 0 Å². The van der Waals surface area contributed by atoms with E-state index in [4.69, 9.17) is 5.73 Å². The van der Waals surface area contributed by atoms with E-state index in [-0.39, 0.29) is 6.54 Å². The van der Waals surface area contributed by atoms with E-state index in [1.165, 1.54) is 6.07 Å². The average Bonchev–Trinajstić information content (AvgIpc) is 2.43. The standard InChI is InChI=1S/C10H10F2N2/c1-14-5-6(4-13)10-8(12)2-7(11)3-9(10)14/h2-3,5H,4,13H2,1H3. The first-order chi connectivity index (χ1) is 6.63. The highest BCUT2D eigenvalue weighted by Crippen LogP contribution is 2.24. The molecule has 0 aliphatic heterocycles. The molecular weight excluding hydrogens is 186 g/mol. The molecule has 0 unspecified atom stereocenters. The fourth-order valence-corrected chi connectivity index (χ4v) is 1.68. The van der Waals surface area contributed by atoms with Crippen molar-refractivity contribution in [1.82, 2.24) is 4.57 Å². The summed E-state index contributed by atoms with van der Waals surface area (Å²) < 4.78 is 28.0. The van der Waals surface area contributed by atoms with Crippen molar-refractivity contribution in [2.24, 2.45) is 12.8 Å². The molecule has 2 rings (SSSR count). The van der Waals surface area contributed by atoms with Crippen LogP contribution in [0.3, 0.4) is 0 Å². The van der Waals surface area contributed by atoms with Gasteiger partial charge in [-0.2, -0.15) is 0 Å². The fourth-order valence-electron chi connectivity index (χ4n) is 1.68. The maximum absolute atomic E-state index is 13.4. The Morgan fingerprint density at radius 1 is 1.36 bits per heavy atom. The third-order valence-electron chi connectivity index (χ3n) is 2.30. The predicted molar refractivity (Wildman–Crippen MR) is 50.7 cm³/mol. The van der Waals surface area contributed by atoms with Crippen molar-refractivity contribution in [3.63, 3.8) is 0 Å². The molecule has 0 aliphatic carbocycles. The van der Waals surface area contributed by atoms with Crippen LogP contribution in [-0.2, 0) is 13.6 Å². The first kappa shape index (κ1) is 9.15. The van der Waals surface area contributed by atoms with Gasteiger partial charge in [0.2, 0.25) is 0 Å². The Bertz CT molecular complexity index is 488. The molecule has 2 N–H and O–H groups in total. The van der Waals surface area contributed by atoms with Gasteiger partial charge in [-0.1, -0.05) is 0 Å². The summed E-state index contributed by atoms with van der Waals surface area (Å²) in [6.45, 7) is 0.250. The Morgan fingerprint density at radius 2 is 2.07 bits per heavy atom. The minimum absolute atomic E-state index is 0.250. The molecule has 1 heterocycles. The van der Waals surface area contributed by atoms with Gasteiger partial charge in [-0.25, -0.2) is 8.78 Å². The van der Waals surface area contributed by atoms with Crippen LogP contribution in [-0.4, -0.2) is 4.57 Å². The SMILES string of the molecule is Cn1cc(CN)c2c(F)cc(F)cc21. The van der Waals surface area contributed by atoms with Crippen LogP contribution < -0.4 is 5.73 Å². The predicted octanol–water partition coefficient (Wildman–Crippen LogP) is 1.92. The van der Waals surface area contributed by atoms with Crippen molar-refractivity contribution in [3.8, 4) is 0 Å². The first-order valence-corrected chi connectivity index (χ1v) is 4.26. The molecular formula is C10H10F2N2. The largest absolute Gasteiger partial charge is 0.350 e. The number of nitrogens with zero attached hydrogens (tertiary/aromatic N) is 1. The number of halogens is 2. The van der Waals surface area contributed by atoms with Crippen molar-refractivity contribution in [3.05, 3.63) is 35.5 Å². The Kier molecular flexibility index (Phi) is 2.00. The molecule has 0 spiro atoms. The summed E-state index contributed by atoms with van der Waals surface area (Å²) in [4.78, 5) is 0. The van der Waals surface area contributed by atoms with Crippen molar-refractivity contribution < 1.29 is 8.78 Å². The van der Waals surface area contributed by atoms with Crippen LogP contribution in [0.15, 0.2) is 18.3 Å². The molecule has 1 aromatic carbocycles. The van der Waals surface area contributed by atoms with E-state index in [1.807, 2.05) is 0 Å². The molecule has 0 fully saturated rings. The van der Waals surface area contributed by atoms with E-state index in [2.05, 4.69) is 0 Å². The van der Waals surface area contributed by atoms with E-state index in [1.54, 1.807) is 17.8 Å². The van der Waals surface area contributed by atoms with Gasteiger partial charge in [0.05, 0.1) is 5.52 Å². The maximum atomic E-state index is 13.4. The second kappa shape index (κ2) is 3.06. The Morgan fingerprint density at radius 3 is 2.71 bits per heavy atom. The number of hydrogen-bond acceptors (Lipinski definition) is 1. The van der Waals surface area contributed by atoms with Gasteiger partial charge in [-0.15, -0.1) is 0 Å². The molecule has 0 saturated heterocycles. The highest BCUT2D eigenvalue weighted by atomic mass is 19.1. The summed E-state index contributed by atoms with van der Waals surface area (Å²) in [6, 6.07) is 2.18. The Hall–Kier alpha value is -1.42. The highest BCUT2D eigenvalue weighted by Gasteiger charge is 2.11. The van der Waals surface area contributed by atoms with Crippen LogP contribution in [0.25, 0.3) is 10.9 Å². The monoisotopic (exact) mass is 196 g/mol. The van der Waals surface area contributed by atoms with Crippen molar-refractivity contribution in [1.29, 1.82) is 0 Å². The lowest BCUT2D eigenvalue weighted by Gasteiger charge is -1.98. The van der Waals surface area contributed by atoms with Gasteiger partial charge >= 0.3 is 0 Å². The van der Waals surface area contributed by atoms with Crippen molar-refractivity contribution in [2.75, 3.05) is 0 Å². The summed E-state index contributed by atoms with van der Waals surface area (Å²) in [5.74, 6) is -1.12. The zero-order valence-corrected chi connectivity index (χ0v) is 7.72. The third kappa shape index (κ3) is 1.19. The second-order valence-electron chi connectivity index (χ2n) is 3.25. The third-order valence-corrected chi connectivity index (χ3v) is 2.30. The molecule has 4 heteroatoms. The molecule has 14 heavy (non-hydrogen) atoms. The number of rotatable bonds is 1. The molecule has 2 nitrogen and oxygen atoms in total. The van der Waals surface area contributed by atoms with Crippen LogP contribution in [0.2, 0.25) is 0 Å². The van der Waals surface area contributed by atoms with Gasteiger partial charge < -0.3 is 10.3 Å². The quantitative estimate of drug-likeness (QED) is 0.742. The zero-order valence-electron chi connectivity index (χ0n) is 7.72. The lowest BCUT2D eigenvalue weighted by Crippen LogP contribution is -1.95. The van der Waals surface area contributed by atoms with E-state index < -0.39 is 11.6 Å². The molecule has 1 aromatic heterocycles. The average molecular weight is 196 g/mol. The first-order valence-electron chi connectivity index (χ1n) is 4.26. The smallest absolute Gasteiger partial charge is 0.135 e. The summed E-state index contributed by atoms with van der Waals surface area (Å²) in [5.41, 5.74) is 6.69. The fraction of sp³-hybridized carbons (Fsp3) is 0.200. The molecule has 0 aliphatic rings. The Balaban J connectivity index is 2.89. The van der Waals surface area contributed by atoms with E-state index in [0.29, 0.717) is 16.5 Å². The van der Waals surface area contributed by atoms with Crippen LogP contribution >= 0.6 is 0 Å². The summed E-state index contributed by atoms with van der Waals surface area (Å²) >= 11 is 0. The van der Waals surface area contributed by atoms with E-state index >= 15 is 0 Å². The summed E-state index contributed by atoms with van der Waals surface area (Å²) in [7, 11) is 1.74. The highest BCUT2D eigenvalue weighted by molar-refractivity contribution is 5.84. The molecule has 0 atom stereocenters. The van der Waals surface area contributed by atoms with E-state index in [9.17, 15) is 8.78 Å². The minimum atomic E-state index is -0.570. The summed E-state index contributed by atoms with van der Waals surface area (Å²) in [5, 5.41) is 0.413. The number of aromatic nitrogens is 1. The normalized spacial score (nSPS) is 11.1. The lowest BCUT2D eigenvalue weighted by atomic mass is 10.1. The number of nitrogens with two attached hydrogens (primary N) is 1. The second-order valence-corrected chi connectivity index (χ2v) is 3.25. The van der Waals surface area contributed by atoms with Crippen LogP contribution in [0, 0.1) is 11.6 Å². The van der Waals surface area contributed by atoms with Crippen molar-refractivity contribution in [2.45, 2.75) is 6.54 Å². The maximum Gasteiger partial charge on any atom is 0.135 e. The molecule has 0 amide bonds. The number of benzene rings is 1. The van der Waals surface area contributed by atoms with Gasteiger partial charge in [0, 0.05) is 31.2 Å². The molecule has 0 radical (unpaired) electrons. The van der Waals surface area contributed by atoms with Gasteiger partial charge in [0.25, 0.3) is 0 Å². The zero-order chi connectivity index (χ0) is 10.3. The van der Waals surface area contributed by atoms with Crippen molar-refractivity contribution >= 4 is 10.9 Å². The molecule has 2 aromatic rings. The van der Waals surface area contributed by atoms with Crippen LogP contribution in [0.5, 0.6) is 0 Å². The lowest BCUT2D eigenvalue weighted by molar-refractivity contribution is 0.591. The number of aryl methyl sites for hydroxylation is 1.